The SMILES string of the molecule is CCN(CC)CCCC(C)NC(=O)c1ccc(F)cc1N. The summed E-state index contributed by atoms with van der Waals surface area (Å²) in [4.78, 5) is 14.4. The van der Waals surface area contributed by atoms with E-state index in [9.17, 15) is 9.18 Å². The van der Waals surface area contributed by atoms with Gasteiger partial charge in [0.25, 0.3) is 5.91 Å². The second-order valence-electron chi connectivity index (χ2n) is 5.28. The van der Waals surface area contributed by atoms with Crippen LogP contribution in [0.4, 0.5) is 10.1 Å². The Morgan fingerprint density at radius 3 is 2.62 bits per heavy atom. The molecular weight excluding hydrogens is 269 g/mol. The quantitative estimate of drug-likeness (QED) is 0.725. The standard InChI is InChI=1S/C16H26FN3O/c1-4-20(5-2)10-6-7-12(3)19-16(21)14-9-8-13(17)11-15(14)18/h8-9,11-12H,4-7,10,18H2,1-3H3,(H,19,21). The van der Waals surface area contributed by atoms with E-state index in [1.54, 1.807) is 0 Å². The highest BCUT2D eigenvalue weighted by molar-refractivity contribution is 5.99. The topological polar surface area (TPSA) is 58.4 Å². The van der Waals surface area contributed by atoms with Crippen molar-refractivity contribution in [1.29, 1.82) is 0 Å². The van der Waals surface area contributed by atoms with Crippen LogP contribution < -0.4 is 11.1 Å². The van der Waals surface area contributed by atoms with Crippen molar-refractivity contribution < 1.29 is 9.18 Å². The predicted octanol–water partition coefficient (Wildman–Crippen LogP) is 2.65. The molecule has 1 rings (SSSR count). The first kappa shape index (κ1) is 17.4. The lowest BCUT2D eigenvalue weighted by molar-refractivity contribution is 0.0938. The van der Waals surface area contributed by atoms with Gasteiger partial charge in [0.2, 0.25) is 0 Å². The lowest BCUT2D eigenvalue weighted by atomic mass is 10.1. The zero-order chi connectivity index (χ0) is 15.8. The lowest BCUT2D eigenvalue weighted by Crippen LogP contribution is -2.34. The van der Waals surface area contributed by atoms with Gasteiger partial charge in [0.15, 0.2) is 0 Å². The van der Waals surface area contributed by atoms with Crippen LogP contribution in [-0.4, -0.2) is 36.5 Å². The number of amides is 1. The summed E-state index contributed by atoms with van der Waals surface area (Å²) in [5.74, 6) is -0.681. The molecule has 0 aliphatic rings. The zero-order valence-electron chi connectivity index (χ0n) is 13.2. The maximum absolute atomic E-state index is 13.0. The van der Waals surface area contributed by atoms with Gasteiger partial charge in [0.05, 0.1) is 5.56 Å². The molecule has 4 nitrogen and oxygen atoms in total. The van der Waals surface area contributed by atoms with Crippen molar-refractivity contribution in [2.45, 2.75) is 39.7 Å². The molecule has 0 bridgehead atoms. The highest BCUT2D eigenvalue weighted by Gasteiger charge is 2.13. The van der Waals surface area contributed by atoms with Crippen molar-refractivity contribution >= 4 is 11.6 Å². The molecule has 0 aliphatic carbocycles. The van der Waals surface area contributed by atoms with E-state index in [0.29, 0.717) is 5.56 Å². The molecule has 1 aromatic rings. The van der Waals surface area contributed by atoms with Crippen molar-refractivity contribution in [3.8, 4) is 0 Å². The molecule has 0 radical (unpaired) electrons. The summed E-state index contributed by atoms with van der Waals surface area (Å²) in [6.45, 7) is 9.39. The fourth-order valence-corrected chi connectivity index (χ4v) is 2.27. The highest BCUT2D eigenvalue weighted by atomic mass is 19.1. The maximum atomic E-state index is 13.0. The molecule has 1 unspecified atom stereocenters. The molecule has 21 heavy (non-hydrogen) atoms. The molecule has 0 spiro atoms. The molecule has 5 heteroatoms. The number of nitrogen functional groups attached to an aromatic ring is 1. The van der Waals surface area contributed by atoms with Crippen LogP contribution >= 0.6 is 0 Å². The smallest absolute Gasteiger partial charge is 0.253 e. The van der Waals surface area contributed by atoms with Gasteiger partial charge in [-0.25, -0.2) is 4.39 Å². The molecule has 0 aromatic heterocycles. The fourth-order valence-electron chi connectivity index (χ4n) is 2.27. The summed E-state index contributed by atoms with van der Waals surface area (Å²) in [5, 5.41) is 2.91. The van der Waals surface area contributed by atoms with Crippen LogP contribution in [-0.2, 0) is 0 Å². The van der Waals surface area contributed by atoms with E-state index in [0.717, 1.165) is 32.5 Å². The summed E-state index contributed by atoms with van der Waals surface area (Å²) < 4.78 is 13.0. The molecule has 3 N–H and O–H groups in total. The minimum atomic E-state index is -0.434. The van der Waals surface area contributed by atoms with Gasteiger partial charge in [0, 0.05) is 11.7 Å². The highest BCUT2D eigenvalue weighted by Crippen LogP contribution is 2.13. The van der Waals surface area contributed by atoms with E-state index >= 15 is 0 Å². The maximum Gasteiger partial charge on any atom is 0.253 e. The summed E-state index contributed by atoms with van der Waals surface area (Å²) >= 11 is 0. The number of benzene rings is 1. The molecular formula is C16H26FN3O. The average molecular weight is 295 g/mol. The normalized spacial score (nSPS) is 12.4. The molecule has 0 fully saturated rings. The number of nitrogens with two attached hydrogens (primary N) is 1. The first-order chi connectivity index (χ1) is 9.97. The van der Waals surface area contributed by atoms with Crippen molar-refractivity contribution in [2.24, 2.45) is 0 Å². The molecule has 0 aliphatic heterocycles. The third-order valence-electron chi connectivity index (χ3n) is 3.64. The first-order valence-corrected chi connectivity index (χ1v) is 7.56. The van der Waals surface area contributed by atoms with Gasteiger partial charge < -0.3 is 16.0 Å². The van der Waals surface area contributed by atoms with Crippen LogP contribution in [0.15, 0.2) is 18.2 Å². The third kappa shape index (κ3) is 5.71. The second-order valence-corrected chi connectivity index (χ2v) is 5.28. The molecule has 0 saturated carbocycles. The van der Waals surface area contributed by atoms with E-state index in [2.05, 4.69) is 24.1 Å². The van der Waals surface area contributed by atoms with Crippen LogP contribution in [0.5, 0.6) is 0 Å². The first-order valence-electron chi connectivity index (χ1n) is 7.56. The molecule has 0 saturated heterocycles. The molecule has 1 amide bonds. The van der Waals surface area contributed by atoms with Crippen LogP contribution in [0.3, 0.4) is 0 Å². The number of halogens is 1. The second kappa shape index (κ2) is 8.62. The Balaban J connectivity index is 2.43. The summed E-state index contributed by atoms with van der Waals surface area (Å²) in [6.07, 6.45) is 1.94. The van der Waals surface area contributed by atoms with Gasteiger partial charge >= 0.3 is 0 Å². The number of carbonyl (C=O) groups excluding carboxylic acids is 1. The largest absolute Gasteiger partial charge is 0.398 e. The van der Waals surface area contributed by atoms with Crippen LogP contribution in [0.25, 0.3) is 0 Å². The number of nitrogens with one attached hydrogen (secondary N) is 1. The van der Waals surface area contributed by atoms with Crippen molar-refractivity contribution in [1.82, 2.24) is 10.2 Å². The van der Waals surface area contributed by atoms with Crippen LogP contribution in [0.2, 0.25) is 0 Å². The van der Waals surface area contributed by atoms with Gasteiger partial charge in [0.1, 0.15) is 5.82 Å². The summed E-state index contributed by atoms with van der Waals surface area (Å²) in [5.41, 5.74) is 6.16. The van der Waals surface area contributed by atoms with Gasteiger partial charge in [-0.05, 0) is 57.6 Å². The summed E-state index contributed by atoms with van der Waals surface area (Å²) in [7, 11) is 0. The number of carbonyl (C=O) groups is 1. The van der Waals surface area contributed by atoms with E-state index in [-0.39, 0.29) is 17.6 Å². The molecule has 0 heterocycles. The van der Waals surface area contributed by atoms with Gasteiger partial charge in [-0.1, -0.05) is 13.8 Å². The number of rotatable bonds is 8. The molecule has 118 valence electrons. The number of nitrogens with zero attached hydrogens (tertiary/aromatic N) is 1. The summed E-state index contributed by atoms with van der Waals surface area (Å²) in [6, 6.07) is 3.90. The average Bonchev–Trinajstić information content (AvgIpc) is 2.43. The Morgan fingerprint density at radius 1 is 1.38 bits per heavy atom. The number of hydrogen-bond acceptors (Lipinski definition) is 3. The molecule has 1 atom stereocenters. The van der Waals surface area contributed by atoms with E-state index in [1.165, 1.54) is 18.2 Å². The Bertz CT molecular complexity index is 461. The van der Waals surface area contributed by atoms with Gasteiger partial charge in [-0.2, -0.15) is 0 Å². The van der Waals surface area contributed by atoms with Crippen LogP contribution in [0.1, 0.15) is 44.0 Å². The number of hydrogen-bond donors (Lipinski definition) is 2. The third-order valence-corrected chi connectivity index (χ3v) is 3.64. The minimum absolute atomic E-state index is 0.0671. The van der Waals surface area contributed by atoms with E-state index in [4.69, 9.17) is 5.73 Å². The zero-order valence-corrected chi connectivity index (χ0v) is 13.2. The van der Waals surface area contributed by atoms with Crippen LogP contribution in [0, 0.1) is 5.82 Å². The van der Waals surface area contributed by atoms with E-state index in [1.807, 2.05) is 6.92 Å². The van der Waals surface area contributed by atoms with Crippen molar-refractivity contribution in [3.05, 3.63) is 29.6 Å². The Hall–Kier alpha value is -1.62. The Morgan fingerprint density at radius 2 is 2.05 bits per heavy atom. The monoisotopic (exact) mass is 295 g/mol. The fraction of sp³-hybridized carbons (Fsp3) is 0.562. The Labute approximate surface area is 126 Å². The van der Waals surface area contributed by atoms with Crippen molar-refractivity contribution in [2.75, 3.05) is 25.4 Å². The number of anilines is 1. The van der Waals surface area contributed by atoms with Gasteiger partial charge in [-0.3, -0.25) is 4.79 Å². The van der Waals surface area contributed by atoms with E-state index < -0.39 is 5.82 Å². The minimum Gasteiger partial charge on any atom is -0.398 e. The van der Waals surface area contributed by atoms with Gasteiger partial charge in [-0.15, -0.1) is 0 Å². The Kier molecular flexibility index (Phi) is 7.15. The lowest BCUT2D eigenvalue weighted by Gasteiger charge is -2.20. The van der Waals surface area contributed by atoms with Crippen molar-refractivity contribution in [3.63, 3.8) is 0 Å². The predicted molar refractivity (Wildman–Crippen MR) is 84.8 cm³/mol. The molecule has 1 aromatic carbocycles.